The molecule has 1 atom stereocenters. The number of piperidine rings is 1. The van der Waals surface area contributed by atoms with Crippen molar-refractivity contribution in [2.45, 2.75) is 19.8 Å². The summed E-state index contributed by atoms with van der Waals surface area (Å²) < 4.78 is 1.81. The lowest BCUT2D eigenvalue weighted by Gasteiger charge is -2.23. The van der Waals surface area contributed by atoms with Crippen molar-refractivity contribution in [3.8, 4) is 11.3 Å². The third kappa shape index (κ3) is 3.78. The molecule has 4 heterocycles. The summed E-state index contributed by atoms with van der Waals surface area (Å²) in [6.07, 6.45) is 7.90. The number of aromatic nitrogens is 5. The highest BCUT2D eigenvalue weighted by molar-refractivity contribution is 5.88. The number of rotatable bonds is 4. The van der Waals surface area contributed by atoms with E-state index in [1.54, 1.807) is 12.4 Å². The Kier molecular flexibility index (Phi) is 5.68. The summed E-state index contributed by atoms with van der Waals surface area (Å²) in [4.78, 5) is 13.8. The molecule has 26 heavy (non-hydrogen) atoms. The minimum Gasteiger partial charge on any atom is -0.368 e. The molecule has 1 aliphatic rings. The molecule has 0 aromatic carbocycles. The number of fused-ring (bicyclic) bond motifs is 1. The third-order valence-electron chi connectivity index (χ3n) is 4.70. The summed E-state index contributed by atoms with van der Waals surface area (Å²) in [6.45, 7) is 5.07. The third-order valence-corrected chi connectivity index (χ3v) is 4.70. The highest BCUT2D eigenvalue weighted by Crippen LogP contribution is 2.27. The van der Waals surface area contributed by atoms with Crippen LogP contribution in [0.1, 0.15) is 18.5 Å². The molecular weight excluding hydrogens is 350 g/mol. The van der Waals surface area contributed by atoms with Gasteiger partial charge in [-0.1, -0.05) is 0 Å². The van der Waals surface area contributed by atoms with Gasteiger partial charge in [0.05, 0.1) is 16.9 Å². The molecule has 0 spiro atoms. The van der Waals surface area contributed by atoms with Gasteiger partial charge < -0.3 is 10.6 Å². The summed E-state index contributed by atoms with van der Waals surface area (Å²) in [5, 5.41) is 11.4. The van der Waals surface area contributed by atoms with Crippen LogP contribution < -0.4 is 10.6 Å². The zero-order valence-corrected chi connectivity index (χ0v) is 15.9. The van der Waals surface area contributed by atoms with Crippen LogP contribution in [-0.4, -0.2) is 44.4 Å². The normalized spacial score (nSPS) is 17.1. The highest BCUT2D eigenvalue weighted by atomic mass is 35.5. The maximum Gasteiger partial charge on any atom is 0.154 e. The number of hydrogen-bond acceptors (Lipinski definition) is 6. The first-order valence-electron chi connectivity index (χ1n) is 8.77. The topological polar surface area (TPSA) is 80.5 Å². The van der Waals surface area contributed by atoms with Crippen molar-refractivity contribution >= 4 is 29.3 Å². The van der Waals surface area contributed by atoms with Gasteiger partial charge in [0.2, 0.25) is 0 Å². The van der Waals surface area contributed by atoms with Gasteiger partial charge in [0, 0.05) is 37.7 Å². The fraction of sp³-hybridized carbons (Fsp3) is 0.444. The van der Waals surface area contributed by atoms with Crippen LogP contribution in [0.2, 0.25) is 0 Å². The van der Waals surface area contributed by atoms with E-state index >= 15 is 0 Å². The van der Waals surface area contributed by atoms with E-state index in [0.717, 1.165) is 53.4 Å². The number of nitrogens with one attached hydrogen (secondary N) is 2. The molecule has 0 amide bonds. The summed E-state index contributed by atoms with van der Waals surface area (Å²) in [5.74, 6) is 1.42. The Balaban J connectivity index is 0.00000196. The van der Waals surface area contributed by atoms with Crippen molar-refractivity contribution in [1.29, 1.82) is 0 Å². The Bertz CT molecular complexity index is 886. The second kappa shape index (κ2) is 7.97. The van der Waals surface area contributed by atoms with Crippen LogP contribution in [0.4, 0.5) is 5.82 Å². The van der Waals surface area contributed by atoms with E-state index in [9.17, 15) is 0 Å². The van der Waals surface area contributed by atoms with E-state index in [4.69, 9.17) is 4.98 Å². The van der Waals surface area contributed by atoms with E-state index in [1.807, 2.05) is 30.9 Å². The molecule has 0 saturated carbocycles. The maximum absolute atomic E-state index is 4.84. The number of pyridine rings is 1. The molecule has 1 aliphatic heterocycles. The van der Waals surface area contributed by atoms with Gasteiger partial charge in [-0.2, -0.15) is 5.10 Å². The molecule has 8 heteroatoms. The number of anilines is 1. The molecule has 0 radical (unpaired) electrons. The summed E-state index contributed by atoms with van der Waals surface area (Å²) >= 11 is 0. The van der Waals surface area contributed by atoms with Crippen molar-refractivity contribution in [3.63, 3.8) is 0 Å². The minimum atomic E-state index is 0. The van der Waals surface area contributed by atoms with Crippen LogP contribution in [-0.2, 0) is 7.05 Å². The van der Waals surface area contributed by atoms with Crippen molar-refractivity contribution in [3.05, 3.63) is 30.4 Å². The lowest BCUT2D eigenvalue weighted by atomic mass is 10.00. The van der Waals surface area contributed by atoms with E-state index in [2.05, 4.69) is 25.7 Å². The fourth-order valence-corrected chi connectivity index (χ4v) is 3.42. The van der Waals surface area contributed by atoms with Gasteiger partial charge in [-0.3, -0.25) is 9.67 Å². The van der Waals surface area contributed by atoms with E-state index in [1.165, 1.54) is 12.8 Å². The number of nitrogens with zero attached hydrogens (tertiary/aromatic N) is 5. The number of hydrogen-bond donors (Lipinski definition) is 2. The van der Waals surface area contributed by atoms with Crippen LogP contribution in [0.5, 0.6) is 0 Å². The summed E-state index contributed by atoms with van der Waals surface area (Å²) in [6, 6.07) is 1.99. The molecule has 138 valence electrons. The zero-order valence-electron chi connectivity index (χ0n) is 15.1. The number of halogens is 1. The smallest absolute Gasteiger partial charge is 0.154 e. The van der Waals surface area contributed by atoms with Crippen LogP contribution >= 0.6 is 12.4 Å². The Morgan fingerprint density at radius 3 is 2.88 bits per heavy atom. The Morgan fingerprint density at radius 2 is 2.15 bits per heavy atom. The molecule has 1 fully saturated rings. The SMILES string of the molecule is Cc1nn(C)cc1-c1cc2nccnc2c(NC[C@H]2CCCNC2)n1.Cl. The predicted octanol–water partition coefficient (Wildman–Crippen LogP) is 2.57. The lowest BCUT2D eigenvalue weighted by molar-refractivity contribution is 0.392. The Hall–Kier alpha value is -2.25. The monoisotopic (exact) mass is 373 g/mol. The van der Waals surface area contributed by atoms with Crippen molar-refractivity contribution in [2.24, 2.45) is 13.0 Å². The molecule has 0 bridgehead atoms. The minimum absolute atomic E-state index is 0. The first-order chi connectivity index (χ1) is 12.2. The van der Waals surface area contributed by atoms with Gasteiger partial charge in [-0.05, 0) is 44.8 Å². The van der Waals surface area contributed by atoms with Crippen molar-refractivity contribution in [2.75, 3.05) is 25.0 Å². The zero-order chi connectivity index (χ0) is 17.2. The largest absolute Gasteiger partial charge is 0.368 e. The lowest BCUT2D eigenvalue weighted by Crippen LogP contribution is -2.33. The van der Waals surface area contributed by atoms with Crippen molar-refractivity contribution < 1.29 is 0 Å². The van der Waals surface area contributed by atoms with Gasteiger partial charge in [0.15, 0.2) is 5.82 Å². The van der Waals surface area contributed by atoms with Gasteiger partial charge >= 0.3 is 0 Å². The molecule has 4 rings (SSSR count). The van der Waals surface area contributed by atoms with Crippen LogP contribution in [0, 0.1) is 12.8 Å². The Labute approximate surface area is 159 Å². The molecule has 3 aromatic heterocycles. The first kappa shape index (κ1) is 18.5. The van der Waals surface area contributed by atoms with Crippen LogP contribution in [0.25, 0.3) is 22.3 Å². The standard InChI is InChI=1S/C18H23N7.ClH/c1-12-14(11-25(2)24-12)15-8-16-17(21-7-6-20-16)18(23-15)22-10-13-4-3-5-19-9-13;/h6-8,11,13,19H,3-5,9-10H2,1-2H3,(H,22,23);1H/t13-;/m0./s1. The van der Waals surface area contributed by atoms with Gasteiger partial charge in [-0.25, -0.2) is 9.97 Å². The second-order valence-corrected chi connectivity index (χ2v) is 6.68. The molecule has 0 aliphatic carbocycles. The van der Waals surface area contributed by atoms with Crippen molar-refractivity contribution in [1.82, 2.24) is 30.0 Å². The number of aryl methyl sites for hydroxylation is 2. The van der Waals surface area contributed by atoms with E-state index in [-0.39, 0.29) is 12.4 Å². The van der Waals surface area contributed by atoms with Gasteiger partial charge in [0.25, 0.3) is 0 Å². The molecular formula is C18H24ClN7. The molecule has 7 nitrogen and oxygen atoms in total. The molecule has 3 aromatic rings. The quantitative estimate of drug-likeness (QED) is 0.731. The van der Waals surface area contributed by atoms with Crippen LogP contribution in [0.3, 0.4) is 0 Å². The fourth-order valence-electron chi connectivity index (χ4n) is 3.42. The first-order valence-corrected chi connectivity index (χ1v) is 8.77. The van der Waals surface area contributed by atoms with Gasteiger partial charge in [-0.15, -0.1) is 12.4 Å². The van der Waals surface area contributed by atoms with E-state index in [0.29, 0.717) is 5.92 Å². The van der Waals surface area contributed by atoms with Crippen LogP contribution in [0.15, 0.2) is 24.7 Å². The average molecular weight is 374 g/mol. The van der Waals surface area contributed by atoms with E-state index < -0.39 is 0 Å². The molecule has 1 saturated heterocycles. The maximum atomic E-state index is 4.84. The predicted molar refractivity (Wildman–Crippen MR) is 106 cm³/mol. The van der Waals surface area contributed by atoms with Gasteiger partial charge in [0.1, 0.15) is 5.52 Å². The average Bonchev–Trinajstić information content (AvgIpc) is 2.98. The molecule has 2 N–H and O–H groups in total. The molecule has 0 unspecified atom stereocenters. The second-order valence-electron chi connectivity index (χ2n) is 6.68. The highest BCUT2D eigenvalue weighted by Gasteiger charge is 2.16. The summed E-state index contributed by atoms with van der Waals surface area (Å²) in [5.41, 5.74) is 4.53. The summed E-state index contributed by atoms with van der Waals surface area (Å²) in [7, 11) is 1.92. The Morgan fingerprint density at radius 1 is 1.31 bits per heavy atom.